The van der Waals surface area contributed by atoms with Crippen LogP contribution < -0.4 is 19.7 Å². The van der Waals surface area contributed by atoms with E-state index in [2.05, 4.69) is 32.2 Å². The predicted molar refractivity (Wildman–Crippen MR) is 154 cm³/mol. The predicted octanol–water partition coefficient (Wildman–Crippen LogP) is 4.94. The lowest BCUT2D eigenvalue weighted by Gasteiger charge is -2.25. The minimum absolute atomic E-state index is 0.0529. The lowest BCUT2D eigenvalue weighted by atomic mass is 9.87. The van der Waals surface area contributed by atoms with Gasteiger partial charge in [-0.25, -0.2) is 4.68 Å². The number of benzene rings is 2. The number of carbonyl (C=O) groups excluding carboxylic acids is 2. The number of methoxy groups -OCH3 is 2. The number of rotatable bonds is 7. The van der Waals surface area contributed by atoms with Gasteiger partial charge in [0.1, 0.15) is 12.4 Å². The molecule has 3 aromatic rings. The van der Waals surface area contributed by atoms with Gasteiger partial charge in [-0.05, 0) is 55.2 Å². The van der Waals surface area contributed by atoms with Crippen molar-refractivity contribution in [1.82, 2.24) is 15.1 Å². The van der Waals surface area contributed by atoms with Crippen molar-refractivity contribution >= 4 is 29.4 Å². The van der Waals surface area contributed by atoms with Crippen molar-refractivity contribution in [3.63, 3.8) is 0 Å². The number of aryl methyl sites for hydroxylation is 1. The maximum Gasteiger partial charge on any atom is 0.240 e. The number of fused-ring (bicyclic) bond motifs is 1. The Morgan fingerprint density at radius 2 is 1.85 bits per heavy atom. The van der Waals surface area contributed by atoms with E-state index in [0.717, 1.165) is 40.9 Å². The van der Waals surface area contributed by atoms with Crippen molar-refractivity contribution in [3.05, 3.63) is 64.8 Å². The molecule has 0 saturated heterocycles. The Morgan fingerprint density at radius 1 is 1.10 bits per heavy atom. The first kappa shape index (κ1) is 27.1. The number of hydrogen-bond donors (Lipinski definition) is 1. The van der Waals surface area contributed by atoms with Crippen LogP contribution in [0.2, 0.25) is 0 Å². The highest BCUT2D eigenvalue weighted by Gasteiger charge is 2.40. The van der Waals surface area contributed by atoms with Crippen molar-refractivity contribution in [2.24, 2.45) is 0 Å². The molecule has 206 valence electrons. The quantitative estimate of drug-likeness (QED) is 0.450. The highest BCUT2D eigenvalue weighted by atomic mass is 32.2. The number of nitrogens with one attached hydrogen (secondary N) is 1. The number of carbonyl (C=O) groups is 2. The van der Waals surface area contributed by atoms with Crippen molar-refractivity contribution < 1.29 is 19.1 Å². The Balaban J connectivity index is 1.75. The van der Waals surface area contributed by atoms with E-state index in [-0.39, 0.29) is 40.8 Å². The summed E-state index contributed by atoms with van der Waals surface area (Å²) < 4.78 is 13.0. The third-order valence-corrected chi connectivity index (χ3v) is 8.26. The lowest BCUT2D eigenvalue weighted by Crippen LogP contribution is -2.43. The third-order valence-electron chi connectivity index (χ3n) is 7.00. The summed E-state index contributed by atoms with van der Waals surface area (Å²) in [7, 11) is 3.23. The van der Waals surface area contributed by atoms with E-state index in [0.29, 0.717) is 17.3 Å². The minimum Gasteiger partial charge on any atom is -0.493 e. The summed E-state index contributed by atoms with van der Waals surface area (Å²) in [5.41, 5.74) is 4.40. The molecule has 2 amide bonds. The standard InChI is InChI=1S/C30H36N4O4S/c1-18-8-7-9-21(14-18)34-29-26(28(32-34)30(2,3)4)27(19-10-13-22(37-5)23(15-19)38-6)39-17-25(36)33(29)16-24(35)31-20-11-12-20/h7-10,13-15,20,27H,11-12,16-17H2,1-6H3,(H,31,35). The van der Waals surface area contributed by atoms with Gasteiger partial charge >= 0.3 is 0 Å². The first-order valence-corrected chi connectivity index (χ1v) is 14.3. The maximum absolute atomic E-state index is 13.8. The van der Waals surface area contributed by atoms with Crippen LogP contribution in [0.5, 0.6) is 11.5 Å². The second kappa shape index (κ2) is 10.6. The Morgan fingerprint density at radius 3 is 2.49 bits per heavy atom. The second-order valence-electron chi connectivity index (χ2n) is 11.2. The molecule has 2 aliphatic rings. The molecule has 1 atom stereocenters. The van der Waals surface area contributed by atoms with Crippen LogP contribution in [0.25, 0.3) is 5.69 Å². The number of ether oxygens (including phenoxy) is 2. The summed E-state index contributed by atoms with van der Waals surface area (Å²) in [4.78, 5) is 28.5. The Hall–Kier alpha value is -3.46. The van der Waals surface area contributed by atoms with E-state index in [9.17, 15) is 9.59 Å². The van der Waals surface area contributed by atoms with Gasteiger partial charge in [-0.2, -0.15) is 5.10 Å². The van der Waals surface area contributed by atoms with Crippen LogP contribution in [-0.4, -0.2) is 54.2 Å². The summed E-state index contributed by atoms with van der Waals surface area (Å²) in [5.74, 6) is 1.86. The molecule has 2 aromatic carbocycles. The molecule has 2 heterocycles. The van der Waals surface area contributed by atoms with E-state index >= 15 is 0 Å². The molecule has 0 bridgehead atoms. The Kier molecular flexibility index (Phi) is 7.37. The maximum atomic E-state index is 13.8. The molecule has 1 fully saturated rings. The van der Waals surface area contributed by atoms with Crippen molar-refractivity contribution in [2.45, 2.75) is 57.2 Å². The number of thioether (sulfide) groups is 1. The number of nitrogens with zero attached hydrogens (tertiary/aromatic N) is 3. The van der Waals surface area contributed by atoms with Crippen LogP contribution in [0.1, 0.15) is 61.2 Å². The van der Waals surface area contributed by atoms with Crippen LogP contribution in [0.15, 0.2) is 42.5 Å². The third kappa shape index (κ3) is 5.50. The fraction of sp³-hybridized carbons (Fsp3) is 0.433. The highest BCUT2D eigenvalue weighted by Crippen LogP contribution is 2.49. The van der Waals surface area contributed by atoms with Gasteiger partial charge in [-0.15, -0.1) is 11.8 Å². The van der Waals surface area contributed by atoms with Gasteiger partial charge in [-0.1, -0.05) is 39.0 Å². The summed E-state index contributed by atoms with van der Waals surface area (Å²) in [6.07, 6.45) is 1.97. The Labute approximate surface area is 234 Å². The molecule has 1 aliphatic heterocycles. The molecule has 39 heavy (non-hydrogen) atoms. The molecule has 1 N–H and O–H groups in total. The lowest BCUT2D eigenvalue weighted by molar-refractivity contribution is -0.123. The molecule has 0 spiro atoms. The zero-order valence-electron chi connectivity index (χ0n) is 23.4. The van der Waals surface area contributed by atoms with Crippen molar-refractivity contribution in [3.8, 4) is 17.2 Å². The SMILES string of the molecule is COc1ccc(C2SCC(=O)N(CC(=O)NC3CC3)c3c2c(C(C)(C)C)nn3-c2cccc(C)c2)cc1OC. The highest BCUT2D eigenvalue weighted by molar-refractivity contribution is 8.00. The molecule has 1 saturated carbocycles. The molecule has 1 unspecified atom stereocenters. The molecular formula is C30H36N4O4S. The van der Waals surface area contributed by atoms with E-state index in [1.807, 2.05) is 48.0 Å². The molecular weight excluding hydrogens is 512 g/mol. The van der Waals surface area contributed by atoms with Crippen LogP contribution in [-0.2, 0) is 15.0 Å². The van der Waals surface area contributed by atoms with Gasteiger partial charge in [-0.3, -0.25) is 14.5 Å². The smallest absolute Gasteiger partial charge is 0.240 e. The van der Waals surface area contributed by atoms with E-state index in [1.165, 1.54) is 0 Å². The topological polar surface area (TPSA) is 85.7 Å². The van der Waals surface area contributed by atoms with E-state index in [1.54, 1.807) is 30.9 Å². The summed E-state index contributed by atoms with van der Waals surface area (Å²) in [5, 5.41) is 7.99. The fourth-order valence-electron chi connectivity index (χ4n) is 4.94. The molecule has 8 nitrogen and oxygen atoms in total. The zero-order valence-corrected chi connectivity index (χ0v) is 24.2. The molecule has 1 aromatic heterocycles. The number of amides is 2. The molecule has 5 rings (SSSR count). The summed E-state index contributed by atoms with van der Waals surface area (Å²) in [6.45, 7) is 8.36. The van der Waals surface area contributed by atoms with Gasteiger partial charge in [0.25, 0.3) is 0 Å². The summed E-state index contributed by atoms with van der Waals surface area (Å²) >= 11 is 1.55. The minimum atomic E-state index is -0.330. The van der Waals surface area contributed by atoms with E-state index in [4.69, 9.17) is 14.6 Å². The first-order chi connectivity index (χ1) is 18.6. The first-order valence-electron chi connectivity index (χ1n) is 13.2. The van der Waals surface area contributed by atoms with Crippen LogP contribution in [0.4, 0.5) is 5.82 Å². The van der Waals surface area contributed by atoms with Gasteiger partial charge in [0, 0.05) is 17.0 Å². The average molecular weight is 549 g/mol. The monoisotopic (exact) mass is 548 g/mol. The zero-order chi connectivity index (χ0) is 27.9. The van der Waals surface area contributed by atoms with Gasteiger partial charge in [0.2, 0.25) is 11.8 Å². The van der Waals surface area contributed by atoms with Crippen LogP contribution in [0, 0.1) is 6.92 Å². The summed E-state index contributed by atoms with van der Waals surface area (Å²) in [6, 6.07) is 14.1. The number of aromatic nitrogens is 2. The fourth-order valence-corrected chi connectivity index (χ4v) is 6.12. The largest absolute Gasteiger partial charge is 0.493 e. The van der Waals surface area contributed by atoms with Gasteiger partial charge in [0.15, 0.2) is 11.5 Å². The van der Waals surface area contributed by atoms with Crippen LogP contribution in [0.3, 0.4) is 0 Å². The molecule has 9 heteroatoms. The average Bonchev–Trinajstić information content (AvgIpc) is 3.64. The Bertz CT molecular complexity index is 1410. The van der Waals surface area contributed by atoms with Crippen LogP contribution >= 0.6 is 11.8 Å². The number of anilines is 1. The van der Waals surface area contributed by atoms with Crippen molar-refractivity contribution in [2.75, 3.05) is 31.4 Å². The van der Waals surface area contributed by atoms with E-state index < -0.39 is 0 Å². The molecule has 0 radical (unpaired) electrons. The second-order valence-corrected chi connectivity index (χ2v) is 12.3. The van der Waals surface area contributed by atoms with Gasteiger partial charge in [0.05, 0.1) is 36.6 Å². The molecule has 1 aliphatic carbocycles. The van der Waals surface area contributed by atoms with Crippen molar-refractivity contribution in [1.29, 1.82) is 0 Å². The van der Waals surface area contributed by atoms with Gasteiger partial charge < -0.3 is 14.8 Å². The normalized spacial score (nSPS) is 17.4. The number of hydrogen-bond acceptors (Lipinski definition) is 6.